The van der Waals surface area contributed by atoms with Crippen LogP contribution < -0.4 is 11.5 Å². The van der Waals surface area contributed by atoms with E-state index in [1.54, 1.807) is 6.07 Å². The van der Waals surface area contributed by atoms with Gasteiger partial charge in [-0.25, -0.2) is 4.39 Å². The fourth-order valence-electron chi connectivity index (χ4n) is 1.49. The molecule has 0 saturated heterocycles. The Kier molecular flexibility index (Phi) is 1.86. The summed E-state index contributed by atoms with van der Waals surface area (Å²) < 4.78 is 12.8. The Hall–Kier alpha value is -0.930. The fraction of sp³-hybridized carbons (Fsp3) is 0.400. The third kappa shape index (κ3) is 1.57. The lowest BCUT2D eigenvalue weighted by molar-refractivity contribution is 0.530. The molecule has 0 amide bonds. The Morgan fingerprint density at radius 3 is 2.62 bits per heavy atom. The van der Waals surface area contributed by atoms with Crippen LogP contribution in [0.4, 0.5) is 4.39 Å². The van der Waals surface area contributed by atoms with Crippen molar-refractivity contribution in [3.63, 3.8) is 0 Å². The molecule has 0 spiro atoms. The zero-order valence-electron chi connectivity index (χ0n) is 7.33. The van der Waals surface area contributed by atoms with Gasteiger partial charge in [-0.3, -0.25) is 0 Å². The zero-order valence-corrected chi connectivity index (χ0v) is 7.33. The van der Waals surface area contributed by atoms with Crippen molar-refractivity contribution in [2.75, 3.05) is 0 Å². The van der Waals surface area contributed by atoms with E-state index in [-0.39, 0.29) is 17.4 Å². The van der Waals surface area contributed by atoms with E-state index in [0.717, 1.165) is 18.4 Å². The summed E-state index contributed by atoms with van der Waals surface area (Å²) in [5.74, 6) is -0.253. The Morgan fingerprint density at radius 2 is 2.08 bits per heavy atom. The van der Waals surface area contributed by atoms with E-state index in [0.29, 0.717) is 0 Å². The minimum atomic E-state index is -0.284. The topological polar surface area (TPSA) is 52.0 Å². The van der Waals surface area contributed by atoms with E-state index in [1.165, 1.54) is 12.1 Å². The minimum Gasteiger partial charge on any atom is -0.323 e. The van der Waals surface area contributed by atoms with E-state index in [2.05, 4.69) is 0 Å². The van der Waals surface area contributed by atoms with Crippen LogP contribution in [0.2, 0.25) is 0 Å². The molecule has 1 unspecified atom stereocenters. The van der Waals surface area contributed by atoms with Gasteiger partial charge in [-0.15, -0.1) is 0 Å². The van der Waals surface area contributed by atoms with E-state index in [1.807, 2.05) is 6.07 Å². The highest BCUT2D eigenvalue weighted by Gasteiger charge is 2.44. The maximum atomic E-state index is 12.8. The van der Waals surface area contributed by atoms with Gasteiger partial charge in [-0.05, 0) is 30.5 Å². The summed E-state index contributed by atoms with van der Waals surface area (Å²) in [6, 6.07) is 6.11. The number of hydrogen-bond acceptors (Lipinski definition) is 2. The summed E-state index contributed by atoms with van der Waals surface area (Å²) in [7, 11) is 0. The third-order valence-electron chi connectivity index (χ3n) is 2.65. The van der Waals surface area contributed by atoms with Crippen molar-refractivity contribution in [3.05, 3.63) is 35.6 Å². The second kappa shape index (κ2) is 2.79. The summed E-state index contributed by atoms with van der Waals surface area (Å²) in [6.07, 6.45) is 1.87. The number of nitrogens with two attached hydrogens (primary N) is 2. The molecule has 0 bridgehead atoms. The fourth-order valence-corrected chi connectivity index (χ4v) is 1.49. The second-order valence-electron chi connectivity index (χ2n) is 3.77. The Morgan fingerprint density at radius 1 is 1.38 bits per heavy atom. The molecule has 1 aliphatic carbocycles. The van der Waals surface area contributed by atoms with Crippen LogP contribution in [0, 0.1) is 5.82 Å². The quantitative estimate of drug-likeness (QED) is 0.721. The summed E-state index contributed by atoms with van der Waals surface area (Å²) in [5, 5.41) is 0. The van der Waals surface area contributed by atoms with Gasteiger partial charge in [0.15, 0.2) is 0 Å². The third-order valence-corrected chi connectivity index (χ3v) is 2.65. The molecule has 1 aliphatic rings. The van der Waals surface area contributed by atoms with Gasteiger partial charge in [-0.2, -0.15) is 0 Å². The van der Waals surface area contributed by atoms with Crippen molar-refractivity contribution in [1.29, 1.82) is 0 Å². The maximum Gasteiger partial charge on any atom is 0.123 e. The van der Waals surface area contributed by atoms with Gasteiger partial charge in [0, 0.05) is 11.6 Å². The molecule has 0 aliphatic heterocycles. The predicted molar refractivity (Wildman–Crippen MR) is 49.5 cm³/mol. The molecule has 70 valence electrons. The van der Waals surface area contributed by atoms with Crippen molar-refractivity contribution >= 4 is 0 Å². The molecule has 3 heteroatoms. The van der Waals surface area contributed by atoms with Crippen LogP contribution in [0.15, 0.2) is 24.3 Å². The highest BCUT2D eigenvalue weighted by molar-refractivity contribution is 5.26. The van der Waals surface area contributed by atoms with E-state index in [4.69, 9.17) is 11.5 Å². The van der Waals surface area contributed by atoms with E-state index < -0.39 is 0 Å². The molecular weight excluding hydrogens is 167 g/mol. The first-order chi connectivity index (χ1) is 6.12. The van der Waals surface area contributed by atoms with Gasteiger partial charge >= 0.3 is 0 Å². The molecule has 1 atom stereocenters. The minimum absolute atomic E-state index is 0.233. The molecule has 1 aromatic rings. The zero-order chi connectivity index (χ0) is 9.47. The standard InChI is InChI=1S/C10H13FN2/c11-8-3-1-2-7(6-8)9(12)10(13)4-5-10/h1-3,6,9H,4-5,12-13H2. The SMILES string of the molecule is NC(c1cccc(F)c1)C1(N)CC1. The number of hydrogen-bond donors (Lipinski definition) is 2. The molecule has 1 aromatic carbocycles. The molecular formula is C10H13FN2. The van der Waals surface area contributed by atoms with Gasteiger partial charge < -0.3 is 11.5 Å². The summed E-state index contributed by atoms with van der Waals surface area (Å²) in [5.41, 5.74) is 12.3. The van der Waals surface area contributed by atoms with Crippen molar-refractivity contribution in [1.82, 2.24) is 0 Å². The van der Waals surface area contributed by atoms with Crippen LogP contribution in [-0.4, -0.2) is 5.54 Å². The van der Waals surface area contributed by atoms with Crippen LogP contribution in [-0.2, 0) is 0 Å². The molecule has 2 nitrogen and oxygen atoms in total. The van der Waals surface area contributed by atoms with Crippen LogP contribution in [0.25, 0.3) is 0 Å². The largest absolute Gasteiger partial charge is 0.323 e. The lowest BCUT2D eigenvalue weighted by Gasteiger charge is -2.18. The second-order valence-corrected chi connectivity index (χ2v) is 3.77. The van der Waals surface area contributed by atoms with Crippen LogP contribution in [0.3, 0.4) is 0 Å². The van der Waals surface area contributed by atoms with Gasteiger partial charge in [0.1, 0.15) is 5.82 Å². The molecule has 0 aromatic heterocycles. The molecule has 4 N–H and O–H groups in total. The smallest absolute Gasteiger partial charge is 0.123 e. The molecule has 2 rings (SSSR count). The summed E-state index contributed by atoms with van der Waals surface area (Å²) in [6.45, 7) is 0. The predicted octanol–water partition coefficient (Wildman–Crippen LogP) is 1.32. The lowest BCUT2D eigenvalue weighted by Crippen LogP contribution is -2.36. The number of rotatable bonds is 2. The van der Waals surface area contributed by atoms with Crippen LogP contribution >= 0.6 is 0 Å². The van der Waals surface area contributed by atoms with E-state index in [9.17, 15) is 4.39 Å². The first-order valence-electron chi connectivity index (χ1n) is 4.42. The number of benzene rings is 1. The Balaban J connectivity index is 2.25. The Labute approximate surface area is 76.7 Å². The number of halogens is 1. The molecule has 1 saturated carbocycles. The van der Waals surface area contributed by atoms with Crippen LogP contribution in [0.5, 0.6) is 0 Å². The van der Waals surface area contributed by atoms with Gasteiger partial charge in [0.25, 0.3) is 0 Å². The average molecular weight is 180 g/mol. The Bertz CT molecular complexity index is 320. The molecule has 0 radical (unpaired) electrons. The normalized spacial score (nSPS) is 21.2. The average Bonchev–Trinajstić information content (AvgIpc) is 2.84. The van der Waals surface area contributed by atoms with E-state index >= 15 is 0 Å². The highest BCUT2D eigenvalue weighted by Crippen LogP contribution is 2.41. The van der Waals surface area contributed by atoms with Crippen molar-refractivity contribution < 1.29 is 4.39 Å². The van der Waals surface area contributed by atoms with Crippen molar-refractivity contribution in [3.8, 4) is 0 Å². The lowest BCUT2D eigenvalue weighted by atomic mass is 9.99. The van der Waals surface area contributed by atoms with Gasteiger partial charge in [0.05, 0.1) is 0 Å². The van der Waals surface area contributed by atoms with Crippen LogP contribution in [0.1, 0.15) is 24.4 Å². The first kappa shape index (κ1) is 8.66. The summed E-state index contributed by atoms with van der Waals surface area (Å²) >= 11 is 0. The summed E-state index contributed by atoms with van der Waals surface area (Å²) in [4.78, 5) is 0. The highest BCUT2D eigenvalue weighted by atomic mass is 19.1. The van der Waals surface area contributed by atoms with Crippen molar-refractivity contribution in [2.45, 2.75) is 24.4 Å². The van der Waals surface area contributed by atoms with Crippen molar-refractivity contribution in [2.24, 2.45) is 11.5 Å². The maximum absolute atomic E-state index is 12.8. The van der Waals surface area contributed by atoms with Gasteiger partial charge in [0.2, 0.25) is 0 Å². The monoisotopic (exact) mass is 180 g/mol. The first-order valence-corrected chi connectivity index (χ1v) is 4.42. The molecule has 1 fully saturated rings. The molecule has 13 heavy (non-hydrogen) atoms. The molecule has 0 heterocycles. The van der Waals surface area contributed by atoms with Gasteiger partial charge in [-0.1, -0.05) is 12.1 Å².